The van der Waals surface area contributed by atoms with E-state index in [9.17, 15) is 0 Å². The molecule has 0 saturated heterocycles. The summed E-state index contributed by atoms with van der Waals surface area (Å²) in [5.74, 6) is 0.972. The van der Waals surface area contributed by atoms with Crippen LogP contribution in [-0.4, -0.2) is 5.75 Å². The zero-order chi connectivity index (χ0) is 28.5. The molecular weight excluding hydrogens is 750 g/mol. The minimum atomic E-state index is -0.877. The molecule has 0 spiro atoms. The van der Waals surface area contributed by atoms with E-state index in [0.717, 1.165) is 5.75 Å². The van der Waals surface area contributed by atoms with Gasteiger partial charge in [-0.1, -0.05) is 109 Å². The smallest absolute Gasteiger partial charge is 0.102 e. The molecule has 0 aliphatic heterocycles. The van der Waals surface area contributed by atoms with Gasteiger partial charge in [-0.2, -0.15) is 5.75 Å². The van der Waals surface area contributed by atoms with Crippen LogP contribution in [-0.2, 0) is 24.9 Å². The second kappa shape index (κ2) is 19.1. The van der Waals surface area contributed by atoms with Gasteiger partial charge in [0.2, 0.25) is 0 Å². The molecule has 0 fully saturated rings. The summed E-state index contributed by atoms with van der Waals surface area (Å²) in [5.41, 5.74) is 0. The SMILES string of the molecule is O=[C-]Cl.[Ir].c1ccc([PH+](c2ccccc2)c2ccccc2)cc1.c1ccc([PH+](c2ccccc2)c2ccccc2)cc1. The summed E-state index contributed by atoms with van der Waals surface area (Å²) in [6.07, 6.45) is 0. The Labute approximate surface area is 270 Å². The van der Waals surface area contributed by atoms with Crippen molar-refractivity contribution in [3.8, 4) is 0 Å². The molecule has 6 aromatic rings. The maximum absolute atomic E-state index is 8.45. The summed E-state index contributed by atoms with van der Waals surface area (Å²) in [7, 11) is -1.75. The molecule has 0 aliphatic rings. The first-order chi connectivity index (χ1) is 20.3. The third-order valence-corrected chi connectivity index (χ3v) is 11.8. The van der Waals surface area contributed by atoms with Crippen LogP contribution in [0.25, 0.3) is 0 Å². The number of hydrogen-bond donors (Lipinski definition) is 0. The van der Waals surface area contributed by atoms with Gasteiger partial charge in [0, 0.05) is 20.1 Å². The first kappa shape index (κ1) is 33.3. The van der Waals surface area contributed by atoms with Gasteiger partial charge in [-0.15, -0.1) is 0 Å². The van der Waals surface area contributed by atoms with Crippen molar-refractivity contribution in [3.63, 3.8) is 0 Å². The Morgan fingerprint density at radius 2 is 0.452 bits per heavy atom. The maximum atomic E-state index is 8.45. The molecule has 0 bridgehead atoms. The molecule has 0 saturated carbocycles. The molecule has 42 heavy (non-hydrogen) atoms. The van der Waals surface area contributed by atoms with Crippen LogP contribution in [0.1, 0.15) is 0 Å². The molecule has 1 nitrogen and oxygen atoms in total. The Kier molecular flexibility index (Phi) is 15.1. The zero-order valence-corrected chi connectivity index (χ0v) is 28.1. The second-order valence-electron chi connectivity index (χ2n) is 9.02. The van der Waals surface area contributed by atoms with Crippen LogP contribution in [0.15, 0.2) is 182 Å². The Morgan fingerprint density at radius 1 is 0.333 bits per heavy atom. The first-order valence-electron chi connectivity index (χ1n) is 13.4. The molecule has 0 heterocycles. The summed E-state index contributed by atoms with van der Waals surface area (Å²) in [4.78, 5) is 8.45. The molecule has 0 aromatic heterocycles. The average molecular weight is 782 g/mol. The van der Waals surface area contributed by atoms with Gasteiger partial charge < -0.3 is 16.4 Å². The van der Waals surface area contributed by atoms with E-state index in [1.807, 2.05) is 0 Å². The fourth-order valence-corrected chi connectivity index (χ4v) is 9.78. The fourth-order valence-electron chi connectivity index (χ4n) is 4.63. The van der Waals surface area contributed by atoms with Crippen LogP contribution in [0.5, 0.6) is 0 Å². The van der Waals surface area contributed by atoms with E-state index in [1.165, 1.54) is 31.8 Å². The van der Waals surface area contributed by atoms with Crippen molar-refractivity contribution in [2.45, 2.75) is 0 Å². The van der Waals surface area contributed by atoms with Crippen LogP contribution >= 0.6 is 27.4 Å². The summed E-state index contributed by atoms with van der Waals surface area (Å²) in [6.45, 7) is 0. The Hall–Kier alpha value is -3.21. The second-order valence-corrected chi connectivity index (χ2v) is 14.1. The van der Waals surface area contributed by atoms with Crippen LogP contribution in [0.2, 0.25) is 0 Å². The minimum absolute atomic E-state index is 0. The van der Waals surface area contributed by atoms with Crippen molar-refractivity contribution >= 4 is 65.0 Å². The van der Waals surface area contributed by atoms with Crippen molar-refractivity contribution in [1.82, 2.24) is 0 Å². The van der Waals surface area contributed by atoms with Gasteiger partial charge >= 0.3 is 0 Å². The van der Waals surface area contributed by atoms with Crippen LogP contribution in [0.4, 0.5) is 0 Å². The number of benzene rings is 6. The number of rotatable bonds is 6. The van der Waals surface area contributed by atoms with E-state index in [-0.39, 0.29) is 20.1 Å². The number of halogens is 1. The molecule has 0 atom stereocenters. The number of hydrogen-bond acceptors (Lipinski definition) is 1. The molecule has 6 aromatic carbocycles. The maximum Gasteiger partial charge on any atom is 0.102 e. The molecule has 0 aliphatic carbocycles. The van der Waals surface area contributed by atoms with Crippen molar-refractivity contribution in [1.29, 1.82) is 0 Å². The summed E-state index contributed by atoms with van der Waals surface area (Å²) < 4.78 is 0. The van der Waals surface area contributed by atoms with E-state index < -0.39 is 15.8 Å². The van der Waals surface area contributed by atoms with E-state index in [2.05, 4.69) is 194 Å². The van der Waals surface area contributed by atoms with E-state index in [4.69, 9.17) is 4.79 Å². The van der Waals surface area contributed by atoms with E-state index in [0.29, 0.717) is 0 Å². The Morgan fingerprint density at radius 3 is 0.571 bits per heavy atom. The van der Waals surface area contributed by atoms with Gasteiger partial charge in [-0.05, 0) is 72.8 Å². The van der Waals surface area contributed by atoms with Crippen molar-refractivity contribution in [3.05, 3.63) is 182 Å². The molecule has 211 valence electrons. The predicted octanol–water partition coefficient (Wildman–Crippen LogP) is 6.64. The minimum Gasteiger partial charge on any atom is -0.525 e. The monoisotopic (exact) mass is 782 g/mol. The summed E-state index contributed by atoms with van der Waals surface area (Å²) in [5, 5.41) is 8.61. The van der Waals surface area contributed by atoms with E-state index >= 15 is 0 Å². The van der Waals surface area contributed by atoms with Gasteiger partial charge in [-0.25, -0.2) is 0 Å². The quantitative estimate of drug-likeness (QED) is 0.105. The van der Waals surface area contributed by atoms with Crippen molar-refractivity contribution in [2.24, 2.45) is 0 Å². The third kappa shape index (κ3) is 9.96. The van der Waals surface area contributed by atoms with Crippen molar-refractivity contribution in [2.75, 3.05) is 0 Å². The Bertz CT molecular complexity index is 1230. The largest absolute Gasteiger partial charge is 0.525 e. The standard InChI is InChI=1S/2C18H15P.CClO.Ir/c2*1-4-10-16(11-5-1)19(17-12-6-2-7-13-17)18-14-8-3-9-15-18;2-1-3;/h2*1-15H;;/q;;-1;/p+2. The fraction of sp³-hybridized carbons (Fsp3) is 0. The summed E-state index contributed by atoms with van der Waals surface area (Å²) in [6, 6.07) is 65.0. The molecule has 0 N–H and O–H groups in total. The van der Waals surface area contributed by atoms with Crippen molar-refractivity contribution < 1.29 is 24.9 Å². The Balaban J connectivity index is 0.000000207. The van der Waals surface area contributed by atoms with Gasteiger partial charge in [0.15, 0.2) is 0 Å². The molecule has 5 heteroatoms. The van der Waals surface area contributed by atoms with Crippen LogP contribution in [0.3, 0.4) is 0 Å². The normalized spacial score (nSPS) is 9.88. The first-order valence-corrected chi connectivity index (χ1v) is 16.7. The van der Waals surface area contributed by atoms with Gasteiger partial charge in [0.1, 0.15) is 31.8 Å². The average Bonchev–Trinajstić information content (AvgIpc) is 3.05. The topological polar surface area (TPSA) is 17.1 Å². The third-order valence-electron chi connectivity index (χ3n) is 6.37. The van der Waals surface area contributed by atoms with Gasteiger partial charge in [0.25, 0.3) is 0 Å². The van der Waals surface area contributed by atoms with Crippen LogP contribution in [0, 0.1) is 0 Å². The molecule has 0 amide bonds. The zero-order valence-electron chi connectivity index (χ0n) is 22.9. The molecule has 0 unspecified atom stereocenters. The van der Waals surface area contributed by atoms with Crippen LogP contribution < -0.4 is 31.8 Å². The predicted molar refractivity (Wildman–Crippen MR) is 185 cm³/mol. The molecular formula is C37H32ClIrOP2+. The van der Waals surface area contributed by atoms with E-state index in [1.54, 1.807) is 0 Å². The summed E-state index contributed by atoms with van der Waals surface area (Å²) >= 11 is 4.19. The van der Waals surface area contributed by atoms with Gasteiger partial charge in [-0.3, -0.25) is 0 Å². The molecule has 6 rings (SSSR count). The van der Waals surface area contributed by atoms with Gasteiger partial charge in [0.05, 0.1) is 15.8 Å². The number of carbonyl (C=O) groups excluding carboxylic acids is 1. The molecule has 1 radical (unpaired) electrons.